The second-order valence-electron chi connectivity index (χ2n) is 6.72. The second kappa shape index (κ2) is 13.3. The molecule has 1 rings (SSSR count). The van der Waals surface area contributed by atoms with Crippen LogP contribution in [0, 0.1) is 18.3 Å². The molecule has 0 aliphatic carbocycles. The minimum Gasteiger partial charge on any atom is -0.462 e. The Hall–Kier alpha value is -1.87. The van der Waals surface area contributed by atoms with Crippen molar-refractivity contribution < 1.29 is 14.3 Å². The minimum absolute atomic E-state index is 0.105. The molecule has 0 bridgehead atoms. The fraction of sp³-hybridized carbons (Fsp3) is 0.667. The van der Waals surface area contributed by atoms with Crippen LogP contribution in [-0.2, 0) is 9.53 Å². The zero-order valence-electron chi connectivity index (χ0n) is 16.9. The van der Waals surface area contributed by atoms with E-state index in [1.807, 2.05) is 0 Å². The van der Waals surface area contributed by atoms with Gasteiger partial charge in [-0.2, -0.15) is 5.26 Å². The number of carbonyl (C=O) groups excluding carboxylic acids is 2. The van der Waals surface area contributed by atoms with E-state index in [4.69, 9.17) is 4.74 Å². The van der Waals surface area contributed by atoms with Crippen molar-refractivity contribution >= 4 is 28.2 Å². The third kappa shape index (κ3) is 8.13. The van der Waals surface area contributed by atoms with Crippen LogP contribution in [0.1, 0.15) is 98.9 Å². The number of nitriles is 1. The van der Waals surface area contributed by atoms with Crippen molar-refractivity contribution in [3.8, 4) is 6.07 Å². The molecule has 1 N–H and O–H groups in total. The van der Waals surface area contributed by atoms with Crippen LogP contribution >= 0.6 is 11.3 Å². The molecule has 150 valence electrons. The number of hydrogen-bond donors (Lipinski definition) is 1. The van der Waals surface area contributed by atoms with Crippen LogP contribution in [0.15, 0.2) is 0 Å². The summed E-state index contributed by atoms with van der Waals surface area (Å²) < 4.78 is 5.01. The number of nitrogens with zero attached hydrogens (tertiary/aromatic N) is 1. The van der Waals surface area contributed by atoms with Gasteiger partial charge in [0.15, 0.2) is 0 Å². The molecule has 0 radical (unpaired) electrons. The molecule has 1 aromatic rings. The number of esters is 1. The van der Waals surface area contributed by atoms with Gasteiger partial charge in [-0.1, -0.05) is 58.3 Å². The van der Waals surface area contributed by atoms with Crippen molar-refractivity contribution in [3.05, 3.63) is 16.0 Å². The van der Waals surface area contributed by atoms with Crippen LogP contribution in [0.25, 0.3) is 0 Å². The van der Waals surface area contributed by atoms with Gasteiger partial charge in [0.1, 0.15) is 15.9 Å². The predicted molar refractivity (Wildman–Crippen MR) is 110 cm³/mol. The van der Waals surface area contributed by atoms with Gasteiger partial charge in [-0.05, 0) is 25.8 Å². The molecule has 0 unspecified atom stereocenters. The van der Waals surface area contributed by atoms with Gasteiger partial charge in [-0.25, -0.2) is 4.79 Å². The van der Waals surface area contributed by atoms with Crippen molar-refractivity contribution in [1.29, 1.82) is 5.26 Å². The Morgan fingerprint density at radius 2 is 1.63 bits per heavy atom. The highest BCUT2D eigenvalue weighted by Crippen LogP contribution is 2.33. The maximum absolute atomic E-state index is 12.2. The molecule has 0 aromatic carbocycles. The number of nitrogens with one attached hydrogen (secondary N) is 1. The molecule has 1 heterocycles. The first-order chi connectivity index (χ1) is 13.0. The molecule has 1 aromatic heterocycles. The first kappa shape index (κ1) is 23.2. The van der Waals surface area contributed by atoms with E-state index in [9.17, 15) is 14.9 Å². The SMILES string of the molecule is CCCCCCCCCCCC(=O)Nc1sc(C(=O)OCC)c(C)c1C#N. The summed E-state index contributed by atoms with van der Waals surface area (Å²) >= 11 is 1.11. The van der Waals surface area contributed by atoms with E-state index in [1.54, 1.807) is 13.8 Å². The number of unbranched alkanes of at least 4 members (excludes halogenated alkanes) is 8. The number of amides is 1. The van der Waals surface area contributed by atoms with Crippen molar-refractivity contribution in [1.82, 2.24) is 0 Å². The number of rotatable bonds is 13. The van der Waals surface area contributed by atoms with Crippen LogP contribution in [0.2, 0.25) is 0 Å². The molecule has 5 nitrogen and oxygen atoms in total. The Morgan fingerprint density at radius 3 is 2.19 bits per heavy atom. The summed E-state index contributed by atoms with van der Waals surface area (Å²) in [6, 6.07) is 2.08. The summed E-state index contributed by atoms with van der Waals surface area (Å²) in [5.74, 6) is -0.554. The molecule has 0 atom stereocenters. The highest BCUT2D eigenvalue weighted by Gasteiger charge is 2.22. The van der Waals surface area contributed by atoms with Crippen LogP contribution in [-0.4, -0.2) is 18.5 Å². The average Bonchev–Trinajstić information content (AvgIpc) is 2.95. The molecule has 6 heteroatoms. The molecule has 0 fully saturated rings. The molecule has 0 saturated heterocycles. The van der Waals surface area contributed by atoms with E-state index in [-0.39, 0.29) is 12.5 Å². The van der Waals surface area contributed by atoms with E-state index in [1.165, 1.54) is 38.5 Å². The van der Waals surface area contributed by atoms with Gasteiger partial charge in [-0.15, -0.1) is 11.3 Å². The zero-order chi connectivity index (χ0) is 20.1. The van der Waals surface area contributed by atoms with Gasteiger partial charge < -0.3 is 10.1 Å². The zero-order valence-corrected chi connectivity index (χ0v) is 17.7. The Bertz CT molecular complexity index is 647. The van der Waals surface area contributed by atoms with Crippen LogP contribution < -0.4 is 5.32 Å². The molecule has 0 aliphatic rings. The van der Waals surface area contributed by atoms with Crippen LogP contribution in [0.5, 0.6) is 0 Å². The van der Waals surface area contributed by atoms with E-state index in [0.29, 0.717) is 27.4 Å². The van der Waals surface area contributed by atoms with Gasteiger partial charge >= 0.3 is 5.97 Å². The normalized spacial score (nSPS) is 10.4. The topological polar surface area (TPSA) is 79.2 Å². The lowest BCUT2D eigenvalue weighted by atomic mass is 10.1. The number of hydrogen-bond acceptors (Lipinski definition) is 5. The third-order valence-corrected chi connectivity index (χ3v) is 5.67. The maximum Gasteiger partial charge on any atom is 0.348 e. The number of carbonyl (C=O) groups is 2. The first-order valence-corrected chi connectivity index (χ1v) is 10.9. The Labute approximate surface area is 167 Å². The Kier molecular flexibility index (Phi) is 11.4. The van der Waals surface area contributed by atoms with Crippen molar-refractivity contribution in [3.63, 3.8) is 0 Å². The molecule has 0 aliphatic heterocycles. The summed E-state index contributed by atoms with van der Waals surface area (Å²) in [5, 5.41) is 12.6. The lowest BCUT2D eigenvalue weighted by molar-refractivity contribution is -0.116. The standard InChI is InChI=1S/C21H32N2O3S/c1-4-6-7-8-9-10-11-12-13-14-18(24)23-20-17(15-22)16(3)19(27-20)21(25)26-5-2/h4-14H2,1-3H3,(H,23,24). The van der Waals surface area contributed by atoms with Gasteiger partial charge in [0.05, 0.1) is 12.2 Å². The summed E-state index contributed by atoms with van der Waals surface area (Å²) in [6.45, 7) is 5.94. The molecular formula is C21H32N2O3S. The number of ether oxygens (including phenoxy) is 1. The fourth-order valence-electron chi connectivity index (χ4n) is 2.91. The molecule has 0 spiro atoms. The van der Waals surface area contributed by atoms with Crippen LogP contribution in [0.3, 0.4) is 0 Å². The monoisotopic (exact) mass is 392 g/mol. The highest BCUT2D eigenvalue weighted by molar-refractivity contribution is 7.18. The Balaban J connectivity index is 2.39. The predicted octanol–water partition coefficient (Wildman–Crippen LogP) is 5.96. The Morgan fingerprint density at radius 1 is 1.04 bits per heavy atom. The van der Waals surface area contributed by atoms with E-state index in [2.05, 4.69) is 18.3 Å². The summed E-state index contributed by atoms with van der Waals surface area (Å²) in [5.41, 5.74) is 0.919. The average molecular weight is 393 g/mol. The summed E-state index contributed by atoms with van der Waals surface area (Å²) in [4.78, 5) is 24.5. The third-order valence-electron chi connectivity index (χ3n) is 4.48. The number of thiophene rings is 1. The largest absolute Gasteiger partial charge is 0.462 e. The minimum atomic E-state index is -0.448. The van der Waals surface area contributed by atoms with Gasteiger partial charge in [-0.3, -0.25) is 4.79 Å². The van der Waals surface area contributed by atoms with E-state index in [0.717, 1.165) is 30.6 Å². The number of anilines is 1. The second-order valence-corrected chi connectivity index (χ2v) is 7.74. The molecule has 27 heavy (non-hydrogen) atoms. The summed E-state index contributed by atoms with van der Waals surface area (Å²) in [6.07, 6.45) is 11.2. The maximum atomic E-state index is 12.2. The molecule has 1 amide bonds. The van der Waals surface area contributed by atoms with E-state index < -0.39 is 5.97 Å². The van der Waals surface area contributed by atoms with Crippen molar-refractivity contribution in [2.75, 3.05) is 11.9 Å². The van der Waals surface area contributed by atoms with E-state index >= 15 is 0 Å². The smallest absolute Gasteiger partial charge is 0.348 e. The lowest BCUT2D eigenvalue weighted by Gasteiger charge is -2.04. The fourth-order valence-corrected chi connectivity index (χ4v) is 3.98. The highest BCUT2D eigenvalue weighted by atomic mass is 32.1. The van der Waals surface area contributed by atoms with Crippen molar-refractivity contribution in [2.24, 2.45) is 0 Å². The van der Waals surface area contributed by atoms with Crippen LogP contribution in [0.4, 0.5) is 5.00 Å². The van der Waals surface area contributed by atoms with Crippen molar-refractivity contribution in [2.45, 2.75) is 85.0 Å². The quantitative estimate of drug-likeness (QED) is 0.331. The van der Waals surface area contributed by atoms with Gasteiger partial charge in [0.25, 0.3) is 0 Å². The van der Waals surface area contributed by atoms with Gasteiger partial charge in [0.2, 0.25) is 5.91 Å². The summed E-state index contributed by atoms with van der Waals surface area (Å²) in [7, 11) is 0. The first-order valence-electron chi connectivity index (χ1n) is 10.1. The molecule has 0 saturated carbocycles. The van der Waals surface area contributed by atoms with Gasteiger partial charge in [0, 0.05) is 6.42 Å². The molecular weight excluding hydrogens is 360 g/mol. The lowest BCUT2D eigenvalue weighted by Crippen LogP contribution is -2.10.